The lowest BCUT2D eigenvalue weighted by Gasteiger charge is -2.17. The lowest BCUT2D eigenvalue weighted by Crippen LogP contribution is -2.13. The Bertz CT molecular complexity index is 1350. The Kier molecular flexibility index (Phi) is 11.5. The van der Waals surface area contributed by atoms with Crippen LogP contribution in [0.2, 0.25) is 0 Å². The minimum atomic E-state index is -1.32. The molecule has 3 aromatic rings. The Balaban J connectivity index is 1.73. The SMILES string of the molecule is CCCCCCCCC(OC)c1cccc(-c2csc(NC(=O)c3cc(F)c(C=C(C)C(=O)O)c(F)c3)n2)c1F. The van der Waals surface area contributed by atoms with Crippen LogP contribution in [0.15, 0.2) is 41.3 Å². The van der Waals surface area contributed by atoms with E-state index in [1.54, 1.807) is 30.7 Å². The average Bonchev–Trinajstić information content (AvgIpc) is 3.38. The van der Waals surface area contributed by atoms with Crippen molar-refractivity contribution < 1.29 is 32.6 Å². The molecule has 0 aliphatic carbocycles. The molecule has 3 rings (SSSR count). The number of hydrogen-bond acceptors (Lipinski definition) is 5. The van der Waals surface area contributed by atoms with Gasteiger partial charge in [0.2, 0.25) is 0 Å². The van der Waals surface area contributed by atoms with Crippen LogP contribution in [0.5, 0.6) is 0 Å². The first-order chi connectivity index (χ1) is 19.2. The molecule has 0 fully saturated rings. The Labute approximate surface area is 235 Å². The summed E-state index contributed by atoms with van der Waals surface area (Å²) >= 11 is 1.04. The van der Waals surface area contributed by atoms with Gasteiger partial charge in [-0.05, 0) is 37.6 Å². The first-order valence-corrected chi connectivity index (χ1v) is 14.0. The molecule has 2 N–H and O–H groups in total. The molecule has 2 aromatic carbocycles. The summed E-state index contributed by atoms with van der Waals surface area (Å²) in [6.45, 7) is 3.37. The quantitative estimate of drug-likeness (QED) is 0.149. The zero-order chi connectivity index (χ0) is 29.2. The molecule has 0 saturated carbocycles. The van der Waals surface area contributed by atoms with Crippen molar-refractivity contribution in [3.05, 3.63) is 75.4 Å². The minimum Gasteiger partial charge on any atom is -0.478 e. The van der Waals surface area contributed by atoms with Crippen LogP contribution >= 0.6 is 11.3 Å². The Hall–Kier alpha value is -3.50. The number of hydrogen-bond donors (Lipinski definition) is 2. The molecule has 1 unspecified atom stereocenters. The topological polar surface area (TPSA) is 88.5 Å². The van der Waals surface area contributed by atoms with Crippen LogP contribution in [0.3, 0.4) is 0 Å². The number of carboxylic acids is 1. The standard InChI is InChI=1S/C30H33F3N2O4S/c1-4-5-6-7-8-9-13-26(39-3)21-12-10-11-20(27(21)33)25-17-40-30(34-25)35-28(36)19-15-23(31)22(24(32)16-19)14-18(2)29(37)38/h10-12,14-17,26H,4-9,13H2,1-3H3,(H,37,38)(H,34,35,36). The molecule has 0 aliphatic rings. The van der Waals surface area contributed by atoms with Gasteiger partial charge in [-0.15, -0.1) is 11.3 Å². The molecule has 10 heteroatoms. The molecule has 6 nitrogen and oxygen atoms in total. The molecule has 214 valence electrons. The lowest BCUT2D eigenvalue weighted by molar-refractivity contribution is -0.132. The fraction of sp³-hybridized carbons (Fsp3) is 0.367. The lowest BCUT2D eigenvalue weighted by atomic mass is 9.98. The average molecular weight is 575 g/mol. The van der Waals surface area contributed by atoms with Gasteiger partial charge < -0.3 is 9.84 Å². The van der Waals surface area contributed by atoms with Crippen LogP contribution in [0.1, 0.15) is 86.4 Å². The number of aliphatic carboxylic acids is 1. The summed E-state index contributed by atoms with van der Waals surface area (Å²) < 4.78 is 50.1. The maximum Gasteiger partial charge on any atom is 0.331 e. The fourth-order valence-corrected chi connectivity index (χ4v) is 4.97. The number of ether oxygens (including phenoxy) is 1. The van der Waals surface area contributed by atoms with E-state index in [-0.39, 0.29) is 21.8 Å². The zero-order valence-electron chi connectivity index (χ0n) is 22.7. The third-order valence-electron chi connectivity index (χ3n) is 6.52. The molecule has 0 aliphatic heterocycles. The number of carbonyl (C=O) groups excluding carboxylic acids is 1. The molecule has 40 heavy (non-hydrogen) atoms. The summed E-state index contributed by atoms with van der Waals surface area (Å²) in [6, 6.07) is 6.63. The van der Waals surface area contributed by atoms with E-state index in [9.17, 15) is 18.4 Å². The van der Waals surface area contributed by atoms with E-state index in [0.29, 0.717) is 17.7 Å². The number of nitrogens with one attached hydrogen (secondary N) is 1. The number of aromatic nitrogens is 1. The second-order valence-electron chi connectivity index (χ2n) is 9.47. The smallest absolute Gasteiger partial charge is 0.331 e. The maximum absolute atomic E-state index is 15.5. The van der Waals surface area contributed by atoms with Crippen molar-refractivity contribution in [1.29, 1.82) is 0 Å². The van der Waals surface area contributed by atoms with E-state index in [1.807, 2.05) is 0 Å². The van der Waals surface area contributed by atoms with Crippen molar-refractivity contribution in [2.75, 3.05) is 12.4 Å². The second-order valence-corrected chi connectivity index (χ2v) is 10.3. The summed E-state index contributed by atoms with van der Waals surface area (Å²) in [5.74, 6) is -4.77. The molecule has 1 atom stereocenters. The largest absolute Gasteiger partial charge is 0.478 e. The van der Waals surface area contributed by atoms with Gasteiger partial charge in [-0.1, -0.05) is 57.6 Å². The van der Waals surface area contributed by atoms with Gasteiger partial charge in [-0.3, -0.25) is 10.1 Å². The van der Waals surface area contributed by atoms with Crippen molar-refractivity contribution >= 4 is 34.4 Å². The highest BCUT2D eigenvalue weighted by atomic mass is 32.1. The van der Waals surface area contributed by atoms with Crippen LogP contribution in [0.25, 0.3) is 17.3 Å². The van der Waals surface area contributed by atoms with Crippen LogP contribution in [-0.4, -0.2) is 29.1 Å². The van der Waals surface area contributed by atoms with Crippen molar-refractivity contribution in [3.63, 3.8) is 0 Å². The van der Waals surface area contributed by atoms with E-state index in [0.717, 1.165) is 48.8 Å². The summed E-state index contributed by atoms with van der Waals surface area (Å²) in [5, 5.41) is 13.1. The summed E-state index contributed by atoms with van der Waals surface area (Å²) in [6.07, 6.45) is 7.87. The van der Waals surface area contributed by atoms with Gasteiger partial charge in [0, 0.05) is 40.3 Å². The van der Waals surface area contributed by atoms with Gasteiger partial charge in [0.25, 0.3) is 5.91 Å². The molecule has 1 amide bonds. The number of unbranched alkanes of at least 4 members (excludes halogenated alkanes) is 5. The van der Waals surface area contributed by atoms with E-state index >= 15 is 4.39 Å². The number of halogens is 3. The number of nitrogens with zero attached hydrogens (tertiary/aromatic N) is 1. The van der Waals surface area contributed by atoms with Crippen molar-refractivity contribution in [1.82, 2.24) is 4.98 Å². The van der Waals surface area contributed by atoms with E-state index in [2.05, 4.69) is 17.2 Å². The summed E-state index contributed by atoms with van der Waals surface area (Å²) in [4.78, 5) is 27.9. The molecule has 1 aromatic heterocycles. The van der Waals surface area contributed by atoms with Crippen LogP contribution < -0.4 is 5.32 Å². The highest BCUT2D eigenvalue weighted by Crippen LogP contribution is 2.33. The third-order valence-corrected chi connectivity index (χ3v) is 7.28. The maximum atomic E-state index is 15.5. The molecule has 0 saturated heterocycles. The Morgan fingerprint density at radius 1 is 1.10 bits per heavy atom. The Morgan fingerprint density at radius 2 is 1.77 bits per heavy atom. The molecule has 1 heterocycles. The van der Waals surface area contributed by atoms with Crippen molar-refractivity contribution in [2.45, 2.75) is 64.9 Å². The minimum absolute atomic E-state index is 0.117. The molecular weight excluding hydrogens is 541 g/mol. The normalized spacial score (nSPS) is 12.4. The third kappa shape index (κ3) is 8.02. The first kappa shape index (κ1) is 31.0. The van der Waals surface area contributed by atoms with E-state index < -0.39 is 41.0 Å². The first-order valence-electron chi connectivity index (χ1n) is 13.1. The molecule has 0 radical (unpaired) electrons. The number of methoxy groups -OCH3 is 1. The van der Waals surface area contributed by atoms with Gasteiger partial charge in [-0.2, -0.15) is 0 Å². The van der Waals surface area contributed by atoms with Crippen LogP contribution in [0.4, 0.5) is 18.3 Å². The highest BCUT2D eigenvalue weighted by Gasteiger charge is 2.21. The molecule has 0 spiro atoms. The summed E-state index contributed by atoms with van der Waals surface area (Å²) in [7, 11) is 1.56. The van der Waals surface area contributed by atoms with Gasteiger partial charge in [-0.25, -0.2) is 22.9 Å². The molecule has 0 bridgehead atoms. The number of amides is 1. The van der Waals surface area contributed by atoms with E-state index in [1.165, 1.54) is 26.2 Å². The van der Waals surface area contributed by atoms with Crippen LogP contribution in [0, 0.1) is 17.5 Å². The van der Waals surface area contributed by atoms with Gasteiger partial charge in [0.15, 0.2) is 5.13 Å². The Morgan fingerprint density at radius 3 is 2.42 bits per heavy atom. The highest BCUT2D eigenvalue weighted by molar-refractivity contribution is 7.14. The van der Waals surface area contributed by atoms with Gasteiger partial charge >= 0.3 is 5.97 Å². The number of carbonyl (C=O) groups is 2. The van der Waals surface area contributed by atoms with Gasteiger partial charge in [0.05, 0.1) is 11.8 Å². The predicted molar refractivity (Wildman–Crippen MR) is 151 cm³/mol. The van der Waals surface area contributed by atoms with E-state index in [4.69, 9.17) is 9.84 Å². The van der Waals surface area contributed by atoms with Gasteiger partial charge in [0.1, 0.15) is 17.5 Å². The van der Waals surface area contributed by atoms with Crippen molar-refractivity contribution in [3.8, 4) is 11.3 Å². The number of rotatable bonds is 14. The molecular formula is C30H33F3N2O4S. The van der Waals surface area contributed by atoms with Crippen molar-refractivity contribution in [2.24, 2.45) is 0 Å². The zero-order valence-corrected chi connectivity index (χ0v) is 23.5. The second kappa shape index (κ2) is 14.8. The fourth-order valence-electron chi connectivity index (χ4n) is 4.26. The number of benzene rings is 2. The monoisotopic (exact) mass is 574 g/mol. The predicted octanol–water partition coefficient (Wildman–Crippen LogP) is 8.41. The summed E-state index contributed by atoms with van der Waals surface area (Å²) in [5.41, 5.74) is -0.152. The van der Waals surface area contributed by atoms with Crippen LogP contribution in [-0.2, 0) is 9.53 Å². The number of carboxylic acid groups (broad SMARTS) is 1. The number of thiazole rings is 1. The number of anilines is 1.